The number of benzene rings is 3. The maximum atomic E-state index is 13.5. The Kier molecular flexibility index (Phi) is 5.30. The van der Waals surface area contributed by atoms with Crippen molar-refractivity contribution in [3.8, 4) is 5.75 Å². The fourth-order valence-corrected chi connectivity index (χ4v) is 4.21. The lowest BCUT2D eigenvalue weighted by Gasteiger charge is -2.16. The minimum Gasteiger partial charge on any atom is -0.497 e. The molecule has 1 N–H and O–H groups in total. The van der Waals surface area contributed by atoms with E-state index in [4.69, 9.17) is 9.72 Å². The predicted molar refractivity (Wildman–Crippen MR) is 127 cm³/mol. The van der Waals surface area contributed by atoms with Crippen LogP contribution in [0.1, 0.15) is 23.6 Å². The highest BCUT2D eigenvalue weighted by atomic mass is 16.5. The first kappa shape index (κ1) is 20.8. The summed E-state index contributed by atoms with van der Waals surface area (Å²) in [6.07, 6.45) is 0.00773. The van der Waals surface area contributed by atoms with Crippen molar-refractivity contribution in [2.24, 2.45) is 0 Å². The van der Waals surface area contributed by atoms with E-state index >= 15 is 0 Å². The molecule has 0 radical (unpaired) electrons. The maximum absolute atomic E-state index is 13.5. The molecule has 0 bridgehead atoms. The molecule has 0 fully saturated rings. The van der Waals surface area contributed by atoms with E-state index in [0.717, 1.165) is 22.2 Å². The molecule has 3 aromatic carbocycles. The van der Waals surface area contributed by atoms with Crippen molar-refractivity contribution < 1.29 is 14.3 Å². The first-order valence-electron chi connectivity index (χ1n) is 10.8. The Morgan fingerprint density at radius 1 is 1.06 bits per heavy atom. The number of methoxy groups -OCH3 is 1. The lowest BCUT2D eigenvalue weighted by Crippen LogP contribution is -2.31. The molecule has 5 rings (SSSR count). The molecule has 0 saturated carbocycles. The van der Waals surface area contributed by atoms with E-state index in [0.29, 0.717) is 23.9 Å². The van der Waals surface area contributed by atoms with Crippen LogP contribution in [0, 0.1) is 6.92 Å². The molecule has 1 atom stereocenters. The van der Waals surface area contributed by atoms with Crippen molar-refractivity contribution in [2.45, 2.75) is 25.9 Å². The van der Waals surface area contributed by atoms with Gasteiger partial charge in [-0.1, -0.05) is 48.0 Å². The molecule has 0 aliphatic carbocycles. The summed E-state index contributed by atoms with van der Waals surface area (Å²) >= 11 is 0. The van der Waals surface area contributed by atoms with Crippen molar-refractivity contribution >= 4 is 34.5 Å². The van der Waals surface area contributed by atoms with E-state index in [1.165, 1.54) is 0 Å². The molecule has 166 valence electrons. The van der Waals surface area contributed by atoms with Crippen molar-refractivity contribution in [3.05, 3.63) is 83.9 Å². The molecule has 0 saturated heterocycles. The molecule has 7 nitrogen and oxygen atoms in total. The van der Waals surface area contributed by atoms with Crippen LogP contribution in [0.2, 0.25) is 0 Å². The van der Waals surface area contributed by atoms with Crippen LogP contribution in [-0.2, 0) is 16.1 Å². The predicted octanol–water partition coefficient (Wildman–Crippen LogP) is 4.47. The topological polar surface area (TPSA) is 76.5 Å². The van der Waals surface area contributed by atoms with Crippen LogP contribution in [0.3, 0.4) is 0 Å². The number of amides is 2. The summed E-state index contributed by atoms with van der Waals surface area (Å²) in [7, 11) is 1.58. The maximum Gasteiger partial charge on any atom is 0.253 e. The van der Waals surface area contributed by atoms with Gasteiger partial charge in [-0.25, -0.2) is 4.98 Å². The number of hydrogen-bond donors (Lipinski definition) is 1. The Morgan fingerprint density at radius 3 is 2.64 bits per heavy atom. The van der Waals surface area contributed by atoms with Crippen LogP contribution in [0.15, 0.2) is 72.8 Å². The molecule has 0 unspecified atom stereocenters. The standard InChI is InChI=1S/C26H24N4O3/c1-17-10-12-18(13-11-17)16-29-25(32)23(30-22-9-4-3-8-21(22)28-26(29)30)15-24(31)27-19-6-5-7-20(14-19)33-2/h3-14,23H,15-16H2,1-2H3,(H,27,31)/t23-/m1/s1. The molecule has 4 aromatic rings. The second-order valence-corrected chi connectivity index (χ2v) is 8.18. The van der Waals surface area contributed by atoms with Gasteiger partial charge in [-0.15, -0.1) is 0 Å². The third-order valence-corrected chi connectivity index (χ3v) is 5.87. The zero-order valence-electron chi connectivity index (χ0n) is 18.5. The highest BCUT2D eigenvalue weighted by molar-refractivity contribution is 6.05. The van der Waals surface area contributed by atoms with Crippen LogP contribution < -0.4 is 15.0 Å². The molecule has 1 aromatic heterocycles. The van der Waals surface area contributed by atoms with Gasteiger partial charge in [-0.2, -0.15) is 0 Å². The molecular formula is C26H24N4O3. The largest absolute Gasteiger partial charge is 0.497 e. The normalized spacial score (nSPS) is 15.0. The van der Waals surface area contributed by atoms with Crippen molar-refractivity contribution in [2.75, 3.05) is 17.3 Å². The number of rotatable bonds is 6. The van der Waals surface area contributed by atoms with E-state index in [1.807, 2.05) is 66.1 Å². The highest BCUT2D eigenvalue weighted by Crippen LogP contribution is 2.37. The second kappa shape index (κ2) is 8.43. The van der Waals surface area contributed by atoms with E-state index in [9.17, 15) is 9.59 Å². The molecule has 33 heavy (non-hydrogen) atoms. The first-order chi connectivity index (χ1) is 16.0. The number of imidazole rings is 1. The molecule has 7 heteroatoms. The Labute approximate surface area is 191 Å². The Bertz CT molecular complexity index is 1340. The van der Waals surface area contributed by atoms with Gasteiger partial charge in [0.2, 0.25) is 11.9 Å². The van der Waals surface area contributed by atoms with Gasteiger partial charge in [0.15, 0.2) is 0 Å². The monoisotopic (exact) mass is 440 g/mol. The van der Waals surface area contributed by atoms with Crippen molar-refractivity contribution in [3.63, 3.8) is 0 Å². The van der Waals surface area contributed by atoms with Gasteiger partial charge in [0, 0.05) is 11.8 Å². The molecule has 1 aliphatic rings. The van der Waals surface area contributed by atoms with Crippen LogP contribution in [-0.4, -0.2) is 28.5 Å². The van der Waals surface area contributed by atoms with E-state index in [-0.39, 0.29) is 18.2 Å². The van der Waals surface area contributed by atoms with Gasteiger partial charge in [-0.05, 0) is 36.8 Å². The lowest BCUT2D eigenvalue weighted by molar-refractivity contribution is -0.124. The fraction of sp³-hybridized carbons (Fsp3) is 0.192. The van der Waals surface area contributed by atoms with Crippen molar-refractivity contribution in [1.82, 2.24) is 9.55 Å². The number of anilines is 2. The summed E-state index contributed by atoms with van der Waals surface area (Å²) in [5.74, 6) is 0.838. The average molecular weight is 441 g/mol. The van der Waals surface area contributed by atoms with E-state index in [2.05, 4.69) is 5.32 Å². The van der Waals surface area contributed by atoms with Gasteiger partial charge in [0.05, 0.1) is 31.1 Å². The number of carbonyl (C=O) groups is 2. The highest BCUT2D eigenvalue weighted by Gasteiger charge is 2.40. The Morgan fingerprint density at radius 2 is 1.85 bits per heavy atom. The van der Waals surface area contributed by atoms with Crippen LogP contribution in [0.4, 0.5) is 11.6 Å². The Balaban J connectivity index is 1.45. The number of aromatic nitrogens is 2. The Hall–Kier alpha value is -4.13. The minimum absolute atomic E-state index is 0.00773. The van der Waals surface area contributed by atoms with Crippen LogP contribution in [0.5, 0.6) is 5.75 Å². The second-order valence-electron chi connectivity index (χ2n) is 8.18. The smallest absolute Gasteiger partial charge is 0.253 e. The SMILES string of the molecule is COc1cccc(NC(=O)C[C@@H]2C(=O)N(Cc3ccc(C)cc3)c3nc4ccccc4n32)c1. The average Bonchev–Trinajstić information content (AvgIpc) is 3.31. The van der Waals surface area contributed by atoms with Gasteiger partial charge in [0.25, 0.3) is 5.91 Å². The number of aryl methyl sites for hydroxylation is 1. The number of para-hydroxylation sites is 2. The van der Waals surface area contributed by atoms with Crippen LogP contribution in [0.25, 0.3) is 11.0 Å². The van der Waals surface area contributed by atoms with Gasteiger partial charge < -0.3 is 10.1 Å². The summed E-state index contributed by atoms with van der Waals surface area (Å²) in [6.45, 7) is 2.43. The zero-order valence-corrected chi connectivity index (χ0v) is 18.5. The number of ether oxygens (including phenoxy) is 1. The molecule has 0 spiro atoms. The van der Waals surface area contributed by atoms with Gasteiger partial charge in [0.1, 0.15) is 11.8 Å². The van der Waals surface area contributed by atoms with E-state index < -0.39 is 6.04 Å². The lowest BCUT2D eigenvalue weighted by atomic mass is 10.1. The van der Waals surface area contributed by atoms with Gasteiger partial charge >= 0.3 is 0 Å². The van der Waals surface area contributed by atoms with E-state index in [1.54, 1.807) is 30.2 Å². The summed E-state index contributed by atoms with van der Waals surface area (Å²) < 4.78 is 7.11. The summed E-state index contributed by atoms with van der Waals surface area (Å²) in [6, 6.07) is 22.2. The third-order valence-electron chi connectivity index (χ3n) is 5.87. The van der Waals surface area contributed by atoms with Gasteiger partial charge in [-0.3, -0.25) is 19.1 Å². The number of carbonyl (C=O) groups excluding carboxylic acids is 2. The molecule has 2 heterocycles. The first-order valence-corrected chi connectivity index (χ1v) is 10.8. The fourth-order valence-electron chi connectivity index (χ4n) is 4.21. The number of nitrogens with one attached hydrogen (secondary N) is 1. The number of nitrogens with zero attached hydrogens (tertiary/aromatic N) is 3. The number of hydrogen-bond acceptors (Lipinski definition) is 4. The summed E-state index contributed by atoms with van der Waals surface area (Å²) in [5.41, 5.74) is 4.43. The summed E-state index contributed by atoms with van der Waals surface area (Å²) in [5, 5.41) is 2.88. The zero-order chi connectivity index (χ0) is 22.9. The summed E-state index contributed by atoms with van der Waals surface area (Å²) in [4.78, 5) is 32.8. The quantitative estimate of drug-likeness (QED) is 0.480. The third kappa shape index (κ3) is 3.93. The van der Waals surface area contributed by atoms with Crippen LogP contribution >= 0.6 is 0 Å². The molecule has 2 amide bonds. The van der Waals surface area contributed by atoms with Crippen molar-refractivity contribution in [1.29, 1.82) is 0 Å². The molecule has 1 aliphatic heterocycles. The molecular weight excluding hydrogens is 416 g/mol. The number of fused-ring (bicyclic) bond motifs is 3. The minimum atomic E-state index is -0.663.